The highest BCUT2D eigenvalue weighted by Crippen LogP contribution is 1.83. The summed E-state index contributed by atoms with van der Waals surface area (Å²) in [6, 6.07) is 0.761. The SMILES string of the molecule is CCC(C)N[SiH2]C. The summed E-state index contributed by atoms with van der Waals surface area (Å²) in [5.41, 5.74) is 0. The van der Waals surface area contributed by atoms with E-state index in [4.69, 9.17) is 0 Å². The Morgan fingerprint density at radius 2 is 2.29 bits per heavy atom. The molecule has 0 aromatic carbocycles. The van der Waals surface area contributed by atoms with E-state index in [1.807, 2.05) is 0 Å². The zero-order chi connectivity index (χ0) is 5.70. The van der Waals surface area contributed by atoms with Crippen molar-refractivity contribution < 1.29 is 0 Å². The topological polar surface area (TPSA) is 12.0 Å². The van der Waals surface area contributed by atoms with E-state index >= 15 is 0 Å². The van der Waals surface area contributed by atoms with Crippen molar-refractivity contribution in [2.75, 3.05) is 0 Å². The van der Waals surface area contributed by atoms with Crippen LogP contribution in [0.3, 0.4) is 0 Å². The van der Waals surface area contributed by atoms with Crippen LogP contribution in [0.15, 0.2) is 0 Å². The maximum absolute atomic E-state index is 3.43. The molecule has 0 aliphatic heterocycles. The van der Waals surface area contributed by atoms with Crippen LogP contribution >= 0.6 is 0 Å². The highest BCUT2D eigenvalue weighted by Gasteiger charge is 1.90. The average molecular weight is 117 g/mol. The van der Waals surface area contributed by atoms with E-state index in [0.29, 0.717) is 0 Å². The van der Waals surface area contributed by atoms with E-state index in [2.05, 4.69) is 25.4 Å². The minimum absolute atomic E-state index is 0.106. The van der Waals surface area contributed by atoms with Gasteiger partial charge in [0.15, 0.2) is 0 Å². The first-order valence-corrected chi connectivity index (χ1v) is 5.16. The first kappa shape index (κ1) is 7.18. The van der Waals surface area contributed by atoms with Gasteiger partial charge in [0.05, 0.1) is 9.68 Å². The second kappa shape index (κ2) is 4.34. The smallest absolute Gasteiger partial charge is 0.0888 e. The number of nitrogens with one attached hydrogen (secondary N) is 1. The van der Waals surface area contributed by atoms with Crippen molar-refractivity contribution in [1.82, 2.24) is 4.98 Å². The van der Waals surface area contributed by atoms with Crippen molar-refractivity contribution in [2.24, 2.45) is 0 Å². The Hall–Kier alpha value is 0.177. The predicted octanol–water partition coefficient (Wildman–Crippen LogP) is 0.506. The second-order valence-electron chi connectivity index (χ2n) is 1.87. The Labute approximate surface area is 48.4 Å². The van der Waals surface area contributed by atoms with Gasteiger partial charge < -0.3 is 4.98 Å². The molecule has 0 fully saturated rings. The minimum Gasteiger partial charge on any atom is -0.340 e. The first-order valence-electron chi connectivity index (χ1n) is 3.04. The van der Waals surface area contributed by atoms with Gasteiger partial charge in [-0.2, -0.15) is 0 Å². The lowest BCUT2D eigenvalue weighted by Crippen LogP contribution is -2.26. The lowest BCUT2D eigenvalue weighted by atomic mass is 10.3. The molecule has 0 saturated carbocycles. The third-order valence-electron chi connectivity index (χ3n) is 1.16. The molecule has 44 valence electrons. The summed E-state index contributed by atoms with van der Waals surface area (Å²) in [6.07, 6.45) is 1.26. The molecule has 0 amide bonds. The Balaban J connectivity index is 2.83. The summed E-state index contributed by atoms with van der Waals surface area (Å²) >= 11 is 0. The fourth-order valence-corrected chi connectivity index (χ4v) is 1.48. The van der Waals surface area contributed by atoms with Crippen LogP contribution in [0.25, 0.3) is 0 Å². The molecule has 0 spiro atoms. The monoisotopic (exact) mass is 117 g/mol. The number of rotatable bonds is 3. The zero-order valence-corrected chi connectivity index (χ0v) is 6.91. The highest BCUT2D eigenvalue weighted by molar-refractivity contribution is 6.30. The van der Waals surface area contributed by atoms with E-state index < -0.39 is 0 Å². The molecule has 0 aliphatic rings. The summed E-state index contributed by atoms with van der Waals surface area (Å²) in [7, 11) is 0.106. The second-order valence-corrected chi connectivity index (χ2v) is 2.98. The normalized spacial score (nSPS) is 15.9. The van der Waals surface area contributed by atoms with Gasteiger partial charge in [-0.25, -0.2) is 0 Å². The Kier molecular flexibility index (Phi) is 4.45. The third-order valence-corrected chi connectivity index (χ3v) is 2.27. The molecule has 0 aromatic rings. The van der Waals surface area contributed by atoms with Crippen LogP contribution in [0, 0.1) is 0 Å². The largest absolute Gasteiger partial charge is 0.340 e. The van der Waals surface area contributed by atoms with E-state index in [1.165, 1.54) is 6.42 Å². The number of hydrogen-bond donors (Lipinski definition) is 1. The van der Waals surface area contributed by atoms with Gasteiger partial charge in [-0.1, -0.05) is 20.4 Å². The third kappa shape index (κ3) is 4.02. The van der Waals surface area contributed by atoms with Crippen LogP contribution in [0.1, 0.15) is 20.3 Å². The van der Waals surface area contributed by atoms with Crippen LogP contribution in [0.4, 0.5) is 0 Å². The summed E-state index contributed by atoms with van der Waals surface area (Å²) in [5.74, 6) is 0. The van der Waals surface area contributed by atoms with Crippen molar-refractivity contribution in [1.29, 1.82) is 0 Å². The van der Waals surface area contributed by atoms with Crippen molar-refractivity contribution >= 4 is 9.68 Å². The molecule has 1 nitrogen and oxygen atoms in total. The van der Waals surface area contributed by atoms with Gasteiger partial charge in [0.2, 0.25) is 0 Å². The van der Waals surface area contributed by atoms with Gasteiger partial charge in [0.25, 0.3) is 0 Å². The van der Waals surface area contributed by atoms with Crippen molar-refractivity contribution in [3.05, 3.63) is 0 Å². The van der Waals surface area contributed by atoms with Crippen molar-refractivity contribution in [3.8, 4) is 0 Å². The van der Waals surface area contributed by atoms with E-state index in [1.54, 1.807) is 0 Å². The number of hydrogen-bond acceptors (Lipinski definition) is 1. The van der Waals surface area contributed by atoms with Crippen molar-refractivity contribution in [2.45, 2.75) is 32.9 Å². The standard InChI is InChI=1S/C5H15NSi/c1-4-5(2)6-7-3/h5-6H,4,7H2,1-3H3. The molecule has 0 saturated heterocycles. The van der Waals surface area contributed by atoms with Gasteiger partial charge in [-0.15, -0.1) is 0 Å². The Morgan fingerprint density at radius 1 is 1.71 bits per heavy atom. The lowest BCUT2D eigenvalue weighted by Gasteiger charge is -2.06. The van der Waals surface area contributed by atoms with Crippen LogP contribution in [-0.4, -0.2) is 15.7 Å². The molecule has 0 radical (unpaired) electrons. The van der Waals surface area contributed by atoms with Gasteiger partial charge in [0.1, 0.15) is 0 Å². The molecule has 0 aromatic heterocycles. The molecule has 2 heteroatoms. The average Bonchev–Trinajstić information content (AvgIpc) is 1.68. The quantitative estimate of drug-likeness (QED) is 0.531. The van der Waals surface area contributed by atoms with E-state index in [9.17, 15) is 0 Å². The molecular formula is C5H15NSi. The first-order chi connectivity index (χ1) is 3.31. The Morgan fingerprint density at radius 3 is 2.43 bits per heavy atom. The molecule has 0 rings (SSSR count). The summed E-state index contributed by atoms with van der Waals surface area (Å²) in [5, 5.41) is 0. The molecule has 0 bridgehead atoms. The maximum Gasteiger partial charge on any atom is 0.0888 e. The summed E-state index contributed by atoms with van der Waals surface area (Å²) in [6.45, 7) is 6.71. The molecule has 0 aliphatic carbocycles. The molecule has 1 unspecified atom stereocenters. The fourth-order valence-electron chi connectivity index (χ4n) is 0.493. The van der Waals surface area contributed by atoms with Crippen LogP contribution in [0.5, 0.6) is 0 Å². The molecule has 1 N–H and O–H groups in total. The molecule has 1 atom stereocenters. The van der Waals surface area contributed by atoms with Crippen LogP contribution in [0.2, 0.25) is 6.55 Å². The van der Waals surface area contributed by atoms with Gasteiger partial charge in [-0.05, 0) is 12.5 Å². The van der Waals surface area contributed by atoms with Gasteiger partial charge in [0, 0.05) is 0 Å². The zero-order valence-electron chi connectivity index (χ0n) is 5.49. The van der Waals surface area contributed by atoms with E-state index in [0.717, 1.165) is 6.04 Å². The summed E-state index contributed by atoms with van der Waals surface area (Å²) in [4.78, 5) is 3.43. The lowest BCUT2D eigenvalue weighted by molar-refractivity contribution is 0.656. The van der Waals surface area contributed by atoms with Crippen LogP contribution < -0.4 is 4.98 Å². The molecule has 0 heterocycles. The minimum atomic E-state index is 0.106. The highest BCUT2D eigenvalue weighted by atomic mass is 28.2. The Bertz CT molecular complexity index is 39.1. The van der Waals surface area contributed by atoms with Crippen LogP contribution in [-0.2, 0) is 0 Å². The van der Waals surface area contributed by atoms with Crippen molar-refractivity contribution in [3.63, 3.8) is 0 Å². The molecular weight excluding hydrogens is 102 g/mol. The van der Waals surface area contributed by atoms with Gasteiger partial charge in [-0.3, -0.25) is 0 Å². The molecule has 7 heavy (non-hydrogen) atoms. The predicted molar refractivity (Wildman–Crippen MR) is 37.3 cm³/mol. The van der Waals surface area contributed by atoms with Gasteiger partial charge >= 0.3 is 0 Å². The summed E-state index contributed by atoms with van der Waals surface area (Å²) < 4.78 is 0. The fraction of sp³-hybridized carbons (Fsp3) is 1.00. The maximum atomic E-state index is 3.43. The van der Waals surface area contributed by atoms with E-state index in [-0.39, 0.29) is 9.68 Å².